The number of hydrogen-bond donors (Lipinski definition) is 0. The monoisotopic (exact) mass is 255 g/mol. The Balaban J connectivity index is 2.05. The molecule has 1 heterocycles. The molecule has 1 saturated carbocycles. The molecule has 0 radical (unpaired) electrons. The van der Waals surface area contributed by atoms with Crippen molar-refractivity contribution in [3.05, 3.63) is 22.3 Å². The van der Waals surface area contributed by atoms with Gasteiger partial charge in [0.05, 0.1) is 0 Å². The van der Waals surface area contributed by atoms with Crippen molar-refractivity contribution in [1.82, 2.24) is 4.98 Å². The minimum Gasteiger partial charge on any atom is -0.474 e. The number of hydrogen-bond acceptors (Lipinski definition) is 2. The van der Waals surface area contributed by atoms with E-state index in [1.165, 1.54) is 31.2 Å². The van der Waals surface area contributed by atoms with Crippen molar-refractivity contribution in [2.24, 2.45) is 0 Å². The van der Waals surface area contributed by atoms with E-state index in [0.717, 1.165) is 10.4 Å². The van der Waals surface area contributed by atoms with Crippen molar-refractivity contribution in [2.45, 2.75) is 38.7 Å². The van der Waals surface area contributed by atoms with E-state index >= 15 is 0 Å². The second-order valence-electron chi connectivity index (χ2n) is 3.80. The molecule has 1 aromatic rings. The Morgan fingerprint density at radius 3 is 2.79 bits per heavy atom. The second kappa shape index (κ2) is 4.30. The van der Waals surface area contributed by atoms with Crippen LogP contribution in [-0.4, -0.2) is 11.1 Å². The van der Waals surface area contributed by atoms with Crippen molar-refractivity contribution < 1.29 is 4.74 Å². The molecular weight excluding hydrogens is 242 g/mol. The molecule has 0 aliphatic heterocycles. The minimum atomic E-state index is 0.392. The van der Waals surface area contributed by atoms with Gasteiger partial charge in [-0.3, -0.25) is 0 Å². The highest BCUT2D eigenvalue weighted by molar-refractivity contribution is 9.10. The van der Waals surface area contributed by atoms with E-state index in [9.17, 15) is 0 Å². The van der Waals surface area contributed by atoms with Gasteiger partial charge in [-0.2, -0.15) is 0 Å². The number of halogens is 1. The molecule has 1 aliphatic rings. The van der Waals surface area contributed by atoms with E-state index in [0.29, 0.717) is 6.10 Å². The molecule has 3 heteroatoms. The van der Waals surface area contributed by atoms with Crippen LogP contribution in [0, 0.1) is 6.92 Å². The zero-order valence-electron chi connectivity index (χ0n) is 8.29. The molecule has 0 unspecified atom stereocenters. The zero-order chi connectivity index (χ0) is 9.97. The van der Waals surface area contributed by atoms with Gasteiger partial charge in [-0.1, -0.05) is 0 Å². The molecule has 0 bridgehead atoms. The third-order valence-corrected chi connectivity index (χ3v) is 3.44. The fourth-order valence-electron chi connectivity index (χ4n) is 1.75. The first kappa shape index (κ1) is 9.97. The molecule has 0 N–H and O–H groups in total. The van der Waals surface area contributed by atoms with E-state index in [4.69, 9.17) is 4.74 Å². The molecule has 0 saturated heterocycles. The zero-order valence-corrected chi connectivity index (χ0v) is 9.88. The van der Waals surface area contributed by atoms with Gasteiger partial charge in [-0.15, -0.1) is 0 Å². The lowest BCUT2D eigenvalue weighted by Gasteiger charge is -2.12. The molecule has 1 aliphatic carbocycles. The maximum Gasteiger partial charge on any atom is 0.213 e. The summed E-state index contributed by atoms with van der Waals surface area (Å²) in [6, 6.07) is 1.99. The van der Waals surface area contributed by atoms with Crippen LogP contribution in [0.4, 0.5) is 0 Å². The van der Waals surface area contributed by atoms with Crippen molar-refractivity contribution in [3.63, 3.8) is 0 Å². The summed E-state index contributed by atoms with van der Waals surface area (Å²) in [6.45, 7) is 2.05. The number of aromatic nitrogens is 1. The Morgan fingerprint density at radius 1 is 1.43 bits per heavy atom. The maximum atomic E-state index is 5.78. The van der Waals surface area contributed by atoms with Crippen LogP contribution in [-0.2, 0) is 0 Å². The normalized spacial score (nSPS) is 17.3. The molecule has 2 rings (SSSR count). The Morgan fingerprint density at radius 2 is 2.14 bits per heavy atom. The topological polar surface area (TPSA) is 22.1 Å². The highest BCUT2D eigenvalue weighted by Gasteiger charge is 2.16. The van der Waals surface area contributed by atoms with Gasteiger partial charge in [0.25, 0.3) is 0 Å². The Bertz CT molecular complexity index is 321. The summed E-state index contributed by atoms with van der Waals surface area (Å²) in [5.41, 5.74) is 1.17. The van der Waals surface area contributed by atoms with E-state index in [2.05, 4.69) is 20.9 Å². The van der Waals surface area contributed by atoms with Crippen molar-refractivity contribution in [2.75, 3.05) is 0 Å². The van der Waals surface area contributed by atoms with Gasteiger partial charge >= 0.3 is 0 Å². The highest BCUT2D eigenvalue weighted by Crippen LogP contribution is 2.25. The quantitative estimate of drug-likeness (QED) is 0.808. The van der Waals surface area contributed by atoms with Crippen LogP contribution in [0.5, 0.6) is 5.88 Å². The fraction of sp³-hybridized carbons (Fsp3) is 0.545. The molecule has 1 fully saturated rings. The number of ether oxygens (including phenoxy) is 1. The molecule has 14 heavy (non-hydrogen) atoms. The average Bonchev–Trinajstić information content (AvgIpc) is 2.64. The van der Waals surface area contributed by atoms with Gasteiger partial charge in [0.15, 0.2) is 0 Å². The van der Waals surface area contributed by atoms with E-state index in [1.807, 2.05) is 13.0 Å². The van der Waals surface area contributed by atoms with Crippen molar-refractivity contribution >= 4 is 15.9 Å². The van der Waals surface area contributed by atoms with Crippen LogP contribution in [0.2, 0.25) is 0 Å². The lowest BCUT2D eigenvalue weighted by atomic mass is 10.3. The summed E-state index contributed by atoms with van der Waals surface area (Å²) in [5, 5.41) is 0. The largest absolute Gasteiger partial charge is 0.474 e. The first-order chi connectivity index (χ1) is 6.75. The van der Waals surface area contributed by atoms with Crippen LogP contribution in [0.25, 0.3) is 0 Å². The predicted molar refractivity (Wildman–Crippen MR) is 59.6 cm³/mol. The molecule has 0 amide bonds. The van der Waals surface area contributed by atoms with Gasteiger partial charge in [0, 0.05) is 16.7 Å². The number of nitrogens with zero attached hydrogens (tertiary/aromatic N) is 1. The molecule has 2 nitrogen and oxygen atoms in total. The number of aryl methyl sites for hydroxylation is 1. The van der Waals surface area contributed by atoms with Crippen LogP contribution >= 0.6 is 15.9 Å². The third kappa shape index (κ3) is 2.27. The van der Waals surface area contributed by atoms with E-state index < -0.39 is 0 Å². The third-order valence-electron chi connectivity index (χ3n) is 2.61. The lowest BCUT2D eigenvalue weighted by molar-refractivity contribution is 0.201. The van der Waals surface area contributed by atoms with E-state index in [-0.39, 0.29) is 0 Å². The summed E-state index contributed by atoms with van der Waals surface area (Å²) in [6.07, 6.45) is 7.14. The SMILES string of the molecule is Cc1cc(OC2CCCC2)ncc1Br. The van der Waals surface area contributed by atoms with Gasteiger partial charge in [0.2, 0.25) is 5.88 Å². The van der Waals surface area contributed by atoms with E-state index in [1.54, 1.807) is 6.20 Å². The van der Waals surface area contributed by atoms with Gasteiger partial charge in [-0.25, -0.2) is 4.98 Å². The summed E-state index contributed by atoms with van der Waals surface area (Å²) in [7, 11) is 0. The summed E-state index contributed by atoms with van der Waals surface area (Å²) in [5.74, 6) is 0.762. The standard InChI is InChI=1S/C11H14BrNO/c1-8-6-11(13-7-10(8)12)14-9-4-2-3-5-9/h6-7,9H,2-5H2,1H3. The molecule has 0 aromatic carbocycles. The highest BCUT2D eigenvalue weighted by atomic mass is 79.9. The van der Waals surface area contributed by atoms with Gasteiger partial charge in [0.1, 0.15) is 6.10 Å². The molecule has 76 valence electrons. The first-order valence-electron chi connectivity index (χ1n) is 5.04. The number of rotatable bonds is 2. The molecule has 1 aromatic heterocycles. The fourth-order valence-corrected chi connectivity index (χ4v) is 1.97. The predicted octanol–water partition coefficient (Wildman–Crippen LogP) is 3.47. The first-order valence-corrected chi connectivity index (χ1v) is 5.84. The Hall–Kier alpha value is -0.570. The number of pyridine rings is 1. The second-order valence-corrected chi connectivity index (χ2v) is 4.65. The lowest BCUT2D eigenvalue weighted by Crippen LogP contribution is -2.11. The summed E-state index contributed by atoms with van der Waals surface area (Å²) < 4.78 is 6.82. The van der Waals surface area contributed by atoms with Crippen LogP contribution < -0.4 is 4.74 Å². The summed E-state index contributed by atoms with van der Waals surface area (Å²) >= 11 is 3.42. The Kier molecular flexibility index (Phi) is 3.06. The van der Waals surface area contributed by atoms with Crippen LogP contribution in [0.3, 0.4) is 0 Å². The molecule has 0 spiro atoms. The van der Waals surface area contributed by atoms with Gasteiger partial charge in [-0.05, 0) is 54.1 Å². The minimum absolute atomic E-state index is 0.392. The van der Waals surface area contributed by atoms with Gasteiger partial charge < -0.3 is 4.74 Å². The van der Waals surface area contributed by atoms with Crippen LogP contribution in [0.1, 0.15) is 31.2 Å². The average molecular weight is 256 g/mol. The van der Waals surface area contributed by atoms with Crippen molar-refractivity contribution in [3.8, 4) is 5.88 Å². The molecule has 0 atom stereocenters. The van der Waals surface area contributed by atoms with Crippen LogP contribution in [0.15, 0.2) is 16.7 Å². The maximum absolute atomic E-state index is 5.78. The molecular formula is C11H14BrNO. The summed E-state index contributed by atoms with van der Waals surface area (Å²) in [4.78, 5) is 4.23. The Labute approximate surface area is 92.8 Å². The smallest absolute Gasteiger partial charge is 0.213 e. The van der Waals surface area contributed by atoms with Crippen molar-refractivity contribution in [1.29, 1.82) is 0 Å².